The van der Waals surface area contributed by atoms with Crippen molar-refractivity contribution in [3.8, 4) is 11.3 Å². The van der Waals surface area contributed by atoms with Crippen molar-refractivity contribution in [3.63, 3.8) is 0 Å². The summed E-state index contributed by atoms with van der Waals surface area (Å²) in [6.45, 7) is 11.6. The molecule has 0 spiro atoms. The van der Waals surface area contributed by atoms with Crippen LogP contribution in [-0.4, -0.2) is 37.0 Å². The van der Waals surface area contributed by atoms with Gasteiger partial charge >= 0.3 is 6.09 Å². The molecule has 0 bridgehead atoms. The minimum atomic E-state index is -0.561. The maximum atomic E-state index is 12.1. The van der Waals surface area contributed by atoms with Crippen LogP contribution < -0.4 is 5.32 Å². The first-order valence-electron chi connectivity index (χ1n) is 7.99. The lowest BCUT2D eigenvalue weighted by atomic mass is 10.1. The van der Waals surface area contributed by atoms with E-state index in [1.165, 1.54) is 0 Å². The molecule has 0 saturated heterocycles. The highest BCUT2D eigenvalue weighted by atomic mass is 79.9. The number of hydrogen-bond donors (Lipinski definition) is 1. The van der Waals surface area contributed by atoms with Gasteiger partial charge in [0.05, 0.1) is 17.8 Å². The summed E-state index contributed by atoms with van der Waals surface area (Å²) in [6.07, 6.45) is 3.07. The van der Waals surface area contributed by atoms with Crippen molar-refractivity contribution in [3.05, 3.63) is 28.9 Å². The molecule has 8 heteroatoms. The number of halogens is 1. The van der Waals surface area contributed by atoms with Crippen LogP contribution in [0.4, 0.5) is 4.79 Å². The molecular weight excluding hydrogens is 386 g/mol. The SMILES string of the molecule is Cc1ncc(-c2cc(Br)nn2CC(C)(C)NC(=O)OC(C)(C)C)cn1. The fourth-order valence-electron chi connectivity index (χ4n) is 2.26. The molecule has 0 aliphatic heterocycles. The van der Waals surface area contributed by atoms with E-state index < -0.39 is 17.2 Å². The summed E-state index contributed by atoms with van der Waals surface area (Å²) in [6, 6.07) is 1.90. The van der Waals surface area contributed by atoms with Gasteiger partial charge in [0, 0.05) is 18.0 Å². The highest BCUT2D eigenvalue weighted by molar-refractivity contribution is 9.10. The quantitative estimate of drug-likeness (QED) is 0.831. The first-order valence-corrected chi connectivity index (χ1v) is 8.78. The number of ether oxygens (including phenoxy) is 1. The van der Waals surface area contributed by atoms with Crippen molar-refractivity contribution >= 4 is 22.0 Å². The second kappa shape index (κ2) is 7.11. The van der Waals surface area contributed by atoms with Gasteiger partial charge in [-0.1, -0.05) is 0 Å². The predicted molar refractivity (Wildman–Crippen MR) is 99.1 cm³/mol. The second-order valence-electron chi connectivity index (χ2n) is 7.54. The zero-order valence-electron chi connectivity index (χ0n) is 15.4. The van der Waals surface area contributed by atoms with Crippen LogP contribution in [0.3, 0.4) is 0 Å². The number of hydrogen-bond acceptors (Lipinski definition) is 5. The zero-order valence-corrected chi connectivity index (χ0v) is 17.0. The summed E-state index contributed by atoms with van der Waals surface area (Å²) in [7, 11) is 0. The third-order valence-electron chi connectivity index (χ3n) is 3.21. The van der Waals surface area contributed by atoms with E-state index in [4.69, 9.17) is 4.74 Å². The van der Waals surface area contributed by atoms with E-state index in [-0.39, 0.29) is 0 Å². The Morgan fingerprint density at radius 1 is 1.24 bits per heavy atom. The molecule has 2 heterocycles. The summed E-state index contributed by atoms with van der Waals surface area (Å²) in [5, 5.41) is 7.35. The Morgan fingerprint density at radius 3 is 2.40 bits per heavy atom. The van der Waals surface area contributed by atoms with Crippen molar-refractivity contribution in [2.75, 3.05) is 0 Å². The van der Waals surface area contributed by atoms with Crippen LogP contribution in [-0.2, 0) is 11.3 Å². The molecule has 0 unspecified atom stereocenters. The molecule has 1 N–H and O–H groups in total. The van der Waals surface area contributed by atoms with Crippen molar-refractivity contribution in [1.82, 2.24) is 25.1 Å². The standard InChI is InChI=1S/C17H24BrN5O2/c1-11-19-8-12(9-20-11)13-7-14(18)22-23(13)10-17(5,6)21-15(24)25-16(2,3)4/h7-9H,10H2,1-6H3,(H,21,24). The molecule has 0 aliphatic rings. The lowest BCUT2D eigenvalue weighted by Gasteiger charge is -2.29. The normalized spacial score (nSPS) is 12.1. The summed E-state index contributed by atoms with van der Waals surface area (Å²) >= 11 is 3.41. The van der Waals surface area contributed by atoms with Crippen molar-refractivity contribution in [2.24, 2.45) is 0 Å². The molecule has 7 nitrogen and oxygen atoms in total. The Labute approximate surface area is 156 Å². The smallest absolute Gasteiger partial charge is 0.408 e. The molecule has 2 rings (SSSR count). The number of alkyl carbamates (subject to hydrolysis) is 1. The zero-order chi connectivity index (χ0) is 18.8. The van der Waals surface area contributed by atoms with Gasteiger partial charge in [-0.25, -0.2) is 14.8 Å². The molecule has 0 atom stereocenters. The van der Waals surface area contributed by atoms with E-state index in [1.807, 2.05) is 52.3 Å². The summed E-state index contributed by atoms with van der Waals surface area (Å²) < 4.78 is 7.86. The summed E-state index contributed by atoms with van der Waals surface area (Å²) in [5.74, 6) is 0.709. The number of rotatable bonds is 4. The van der Waals surface area contributed by atoms with E-state index in [1.54, 1.807) is 12.4 Å². The second-order valence-corrected chi connectivity index (χ2v) is 8.35. The van der Waals surface area contributed by atoms with Gasteiger partial charge in [-0.05, 0) is 63.5 Å². The summed E-state index contributed by atoms with van der Waals surface area (Å²) in [5.41, 5.74) is 0.621. The van der Waals surface area contributed by atoms with Gasteiger partial charge in [-0.3, -0.25) is 4.68 Å². The van der Waals surface area contributed by atoms with Crippen LogP contribution in [0.5, 0.6) is 0 Å². The molecule has 25 heavy (non-hydrogen) atoms. The first-order chi connectivity index (χ1) is 11.5. The largest absolute Gasteiger partial charge is 0.444 e. The highest BCUT2D eigenvalue weighted by Crippen LogP contribution is 2.24. The number of aromatic nitrogens is 4. The Bertz CT molecular complexity index is 747. The van der Waals surface area contributed by atoms with Crippen molar-refractivity contribution in [1.29, 1.82) is 0 Å². The van der Waals surface area contributed by atoms with E-state index in [9.17, 15) is 4.79 Å². The Morgan fingerprint density at radius 2 is 1.84 bits per heavy atom. The average molecular weight is 410 g/mol. The number of nitrogens with zero attached hydrogens (tertiary/aromatic N) is 4. The molecule has 2 aromatic heterocycles. The van der Waals surface area contributed by atoms with Crippen LogP contribution >= 0.6 is 15.9 Å². The van der Waals surface area contributed by atoms with Gasteiger partial charge in [0.1, 0.15) is 16.0 Å². The number of amides is 1. The van der Waals surface area contributed by atoms with Gasteiger partial charge in [0.25, 0.3) is 0 Å². The van der Waals surface area contributed by atoms with Gasteiger partial charge in [-0.15, -0.1) is 0 Å². The van der Waals surface area contributed by atoms with E-state index in [0.29, 0.717) is 17.0 Å². The monoisotopic (exact) mass is 409 g/mol. The maximum Gasteiger partial charge on any atom is 0.408 e. The third-order valence-corrected chi connectivity index (χ3v) is 3.60. The molecule has 0 aliphatic carbocycles. The third kappa shape index (κ3) is 5.81. The predicted octanol–water partition coefficient (Wildman–Crippen LogP) is 3.71. The van der Waals surface area contributed by atoms with Gasteiger partial charge in [-0.2, -0.15) is 5.10 Å². The lowest BCUT2D eigenvalue weighted by molar-refractivity contribution is 0.0462. The Hall–Kier alpha value is -1.96. The number of aryl methyl sites for hydroxylation is 1. The van der Waals surface area contributed by atoms with E-state index >= 15 is 0 Å². The van der Waals surface area contributed by atoms with E-state index in [0.717, 1.165) is 11.3 Å². The highest BCUT2D eigenvalue weighted by Gasteiger charge is 2.26. The number of carbonyl (C=O) groups is 1. The van der Waals surface area contributed by atoms with Crippen LogP contribution in [0, 0.1) is 6.92 Å². The number of nitrogens with one attached hydrogen (secondary N) is 1. The maximum absolute atomic E-state index is 12.1. The number of carbonyl (C=O) groups excluding carboxylic acids is 1. The molecule has 0 aromatic carbocycles. The van der Waals surface area contributed by atoms with Gasteiger partial charge in [0.2, 0.25) is 0 Å². The molecule has 0 fully saturated rings. The van der Waals surface area contributed by atoms with Gasteiger partial charge in [0.15, 0.2) is 0 Å². The molecule has 0 radical (unpaired) electrons. The molecule has 136 valence electrons. The first kappa shape index (κ1) is 19.4. The Kier molecular flexibility index (Phi) is 5.51. The molecular formula is C17H24BrN5O2. The Balaban J connectivity index is 2.19. The molecule has 2 aromatic rings. The van der Waals surface area contributed by atoms with E-state index in [2.05, 4.69) is 36.3 Å². The fraction of sp³-hybridized carbons (Fsp3) is 0.529. The fourth-order valence-corrected chi connectivity index (χ4v) is 2.67. The van der Waals surface area contributed by atoms with Gasteiger partial charge < -0.3 is 10.1 Å². The molecule has 0 saturated carbocycles. The van der Waals surface area contributed by atoms with Crippen LogP contribution in [0.25, 0.3) is 11.3 Å². The minimum absolute atomic E-state index is 0.455. The van der Waals surface area contributed by atoms with Crippen molar-refractivity contribution in [2.45, 2.75) is 59.2 Å². The molecule has 1 amide bonds. The van der Waals surface area contributed by atoms with Crippen LogP contribution in [0.1, 0.15) is 40.4 Å². The van der Waals surface area contributed by atoms with Crippen LogP contribution in [0.15, 0.2) is 23.1 Å². The lowest BCUT2D eigenvalue weighted by Crippen LogP contribution is -2.48. The van der Waals surface area contributed by atoms with Crippen LogP contribution in [0.2, 0.25) is 0 Å². The minimum Gasteiger partial charge on any atom is -0.444 e. The summed E-state index contributed by atoms with van der Waals surface area (Å²) in [4.78, 5) is 20.5. The average Bonchev–Trinajstić information content (AvgIpc) is 2.76. The van der Waals surface area contributed by atoms with Crippen molar-refractivity contribution < 1.29 is 9.53 Å². The topological polar surface area (TPSA) is 81.9 Å².